The minimum Gasteiger partial charge on any atom is -0.313 e. The summed E-state index contributed by atoms with van der Waals surface area (Å²) in [4.78, 5) is 0. The van der Waals surface area contributed by atoms with Gasteiger partial charge in [0, 0.05) is 11.3 Å². The summed E-state index contributed by atoms with van der Waals surface area (Å²) in [6.07, 6.45) is 4.96. The van der Waals surface area contributed by atoms with Gasteiger partial charge in [0.15, 0.2) is 0 Å². The van der Waals surface area contributed by atoms with Crippen LogP contribution < -0.4 is 5.32 Å². The molecule has 84 valence electrons. The number of hydrogen-bond donors (Lipinski definition) is 1. The average molecular weight is 233 g/mol. The van der Waals surface area contributed by atoms with Crippen molar-refractivity contribution >= 4 is 23.5 Å². The number of hydrogen-bond acceptors (Lipinski definition) is 3. The Balaban J connectivity index is 2.15. The summed E-state index contributed by atoms with van der Waals surface area (Å²) in [6, 6.07) is 0.762. The molecule has 1 N–H and O–H groups in total. The van der Waals surface area contributed by atoms with Gasteiger partial charge in [-0.05, 0) is 43.1 Å². The quantitative estimate of drug-likeness (QED) is 0.784. The minimum absolute atomic E-state index is 0.762. The summed E-state index contributed by atoms with van der Waals surface area (Å²) in [5.41, 5.74) is 0. The van der Waals surface area contributed by atoms with Gasteiger partial charge in [-0.15, -0.1) is 0 Å². The molecule has 1 fully saturated rings. The second-order valence-electron chi connectivity index (χ2n) is 4.29. The molecule has 14 heavy (non-hydrogen) atoms. The molecule has 1 nitrogen and oxygen atoms in total. The summed E-state index contributed by atoms with van der Waals surface area (Å²) in [5, 5.41) is 4.53. The Morgan fingerprint density at radius 2 is 2.36 bits per heavy atom. The molecule has 0 aliphatic carbocycles. The number of thioether (sulfide) groups is 2. The standard InChI is InChI=1S/C11H23NS2/c1-9(8-13-3)7-12-11-5-4-6-14-10(11)2/h9-12H,4-8H2,1-3H3. The molecular formula is C11H23NS2. The van der Waals surface area contributed by atoms with E-state index in [1.54, 1.807) is 0 Å². The summed E-state index contributed by atoms with van der Waals surface area (Å²) in [6.45, 7) is 5.89. The van der Waals surface area contributed by atoms with E-state index in [4.69, 9.17) is 0 Å². The van der Waals surface area contributed by atoms with Crippen molar-refractivity contribution in [2.24, 2.45) is 5.92 Å². The maximum Gasteiger partial charge on any atom is 0.0184 e. The molecule has 3 atom stereocenters. The Morgan fingerprint density at radius 1 is 1.57 bits per heavy atom. The third-order valence-corrected chi connectivity index (χ3v) is 5.07. The monoisotopic (exact) mass is 233 g/mol. The first kappa shape index (κ1) is 12.7. The first-order chi connectivity index (χ1) is 6.74. The van der Waals surface area contributed by atoms with Crippen molar-refractivity contribution in [1.29, 1.82) is 0 Å². The molecule has 0 saturated carbocycles. The summed E-state index contributed by atoms with van der Waals surface area (Å²) in [5.74, 6) is 3.45. The zero-order chi connectivity index (χ0) is 10.4. The van der Waals surface area contributed by atoms with Crippen molar-refractivity contribution in [3.63, 3.8) is 0 Å². The van der Waals surface area contributed by atoms with Crippen LogP contribution in [0.25, 0.3) is 0 Å². The van der Waals surface area contributed by atoms with E-state index in [1.807, 2.05) is 11.8 Å². The Morgan fingerprint density at radius 3 is 3.00 bits per heavy atom. The van der Waals surface area contributed by atoms with Crippen LogP contribution in [-0.2, 0) is 0 Å². The van der Waals surface area contributed by atoms with Crippen molar-refractivity contribution in [3.05, 3.63) is 0 Å². The van der Waals surface area contributed by atoms with E-state index in [0.29, 0.717) is 0 Å². The molecule has 1 rings (SSSR count). The highest BCUT2D eigenvalue weighted by molar-refractivity contribution is 8.00. The molecule has 0 aromatic rings. The molecule has 0 radical (unpaired) electrons. The predicted octanol–water partition coefficient (Wildman–Crippen LogP) is 2.86. The molecule has 0 aromatic carbocycles. The van der Waals surface area contributed by atoms with Gasteiger partial charge in [-0.1, -0.05) is 13.8 Å². The molecule has 1 aliphatic heterocycles. The van der Waals surface area contributed by atoms with Gasteiger partial charge in [0.05, 0.1) is 0 Å². The lowest BCUT2D eigenvalue weighted by Gasteiger charge is -2.30. The Labute approximate surface area is 97.2 Å². The van der Waals surface area contributed by atoms with Crippen LogP contribution in [-0.4, -0.2) is 35.6 Å². The van der Waals surface area contributed by atoms with E-state index in [2.05, 4.69) is 37.2 Å². The molecule has 1 aliphatic rings. The number of nitrogens with one attached hydrogen (secondary N) is 1. The topological polar surface area (TPSA) is 12.0 Å². The molecule has 1 saturated heterocycles. The van der Waals surface area contributed by atoms with Gasteiger partial charge in [-0.25, -0.2) is 0 Å². The van der Waals surface area contributed by atoms with Crippen LogP contribution in [0.15, 0.2) is 0 Å². The molecule has 0 aromatic heterocycles. The summed E-state index contributed by atoms with van der Waals surface area (Å²) < 4.78 is 0. The normalized spacial score (nSPS) is 30.2. The number of rotatable bonds is 5. The third kappa shape index (κ3) is 4.45. The molecule has 3 unspecified atom stereocenters. The zero-order valence-corrected chi connectivity index (χ0v) is 11.2. The van der Waals surface area contributed by atoms with Crippen molar-refractivity contribution in [3.8, 4) is 0 Å². The fraction of sp³-hybridized carbons (Fsp3) is 1.00. The summed E-state index contributed by atoms with van der Waals surface area (Å²) >= 11 is 4.08. The van der Waals surface area contributed by atoms with Crippen molar-refractivity contribution in [1.82, 2.24) is 5.32 Å². The Kier molecular flexibility index (Phi) is 6.38. The van der Waals surface area contributed by atoms with Crippen LogP contribution in [0, 0.1) is 5.92 Å². The van der Waals surface area contributed by atoms with E-state index in [0.717, 1.165) is 17.2 Å². The summed E-state index contributed by atoms with van der Waals surface area (Å²) in [7, 11) is 0. The highest BCUT2D eigenvalue weighted by atomic mass is 32.2. The highest BCUT2D eigenvalue weighted by Crippen LogP contribution is 2.25. The molecular weight excluding hydrogens is 210 g/mol. The first-order valence-electron chi connectivity index (χ1n) is 5.58. The molecule has 0 amide bonds. The van der Waals surface area contributed by atoms with E-state index in [1.165, 1.54) is 30.9 Å². The van der Waals surface area contributed by atoms with E-state index >= 15 is 0 Å². The third-order valence-electron chi connectivity index (χ3n) is 2.79. The molecule has 0 spiro atoms. The van der Waals surface area contributed by atoms with Crippen molar-refractivity contribution in [2.45, 2.75) is 38.0 Å². The fourth-order valence-electron chi connectivity index (χ4n) is 1.89. The minimum atomic E-state index is 0.762. The van der Waals surface area contributed by atoms with Gasteiger partial charge in [-0.2, -0.15) is 23.5 Å². The first-order valence-corrected chi connectivity index (χ1v) is 8.02. The van der Waals surface area contributed by atoms with Crippen LogP contribution in [0.1, 0.15) is 26.7 Å². The zero-order valence-electron chi connectivity index (χ0n) is 9.58. The maximum atomic E-state index is 3.72. The van der Waals surface area contributed by atoms with Crippen LogP contribution in [0.3, 0.4) is 0 Å². The van der Waals surface area contributed by atoms with Gasteiger partial charge in [0.25, 0.3) is 0 Å². The van der Waals surface area contributed by atoms with E-state index in [9.17, 15) is 0 Å². The van der Waals surface area contributed by atoms with Crippen molar-refractivity contribution in [2.75, 3.05) is 24.3 Å². The average Bonchev–Trinajstić information content (AvgIpc) is 2.17. The SMILES string of the molecule is CSCC(C)CNC1CCCSC1C. The molecule has 0 bridgehead atoms. The van der Waals surface area contributed by atoms with Crippen molar-refractivity contribution < 1.29 is 0 Å². The Hall–Kier alpha value is 0.660. The lowest BCUT2D eigenvalue weighted by molar-refractivity contribution is 0.431. The van der Waals surface area contributed by atoms with Gasteiger partial charge >= 0.3 is 0 Å². The van der Waals surface area contributed by atoms with Crippen LogP contribution in [0.2, 0.25) is 0 Å². The van der Waals surface area contributed by atoms with Gasteiger partial charge in [0.1, 0.15) is 0 Å². The maximum absolute atomic E-state index is 3.72. The second-order valence-corrected chi connectivity index (χ2v) is 6.69. The molecule has 3 heteroatoms. The van der Waals surface area contributed by atoms with E-state index in [-0.39, 0.29) is 0 Å². The Bertz CT molecular complexity index is 152. The largest absolute Gasteiger partial charge is 0.313 e. The second kappa shape index (κ2) is 7.02. The lowest BCUT2D eigenvalue weighted by atomic mass is 10.1. The van der Waals surface area contributed by atoms with Gasteiger partial charge < -0.3 is 5.32 Å². The molecule has 1 heterocycles. The van der Waals surface area contributed by atoms with E-state index < -0.39 is 0 Å². The smallest absolute Gasteiger partial charge is 0.0184 e. The van der Waals surface area contributed by atoms with Gasteiger partial charge in [0.2, 0.25) is 0 Å². The van der Waals surface area contributed by atoms with Crippen LogP contribution in [0.5, 0.6) is 0 Å². The highest BCUT2D eigenvalue weighted by Gasteiger charge is 2.21. The predicted molar refractivity (Wildman–Crippen MR) is 70.5 cm³/mol. The van der Waals surface area contributed by atoms with Gasteiger partial charge in [-0.3, -0.25) is 0 Å². The lowest BCUT2D eigenvalue weighted by Crippen LogP contribution is -2.41. The van der Waals surface area contributed by atoms with Crippen LogP contribution >= 0.6 is 23.5 Å². The fourth-order valence-corrected chi connectivity index (χ4v) is 3.74. The van der Waals surface area contributed by atoms with Crippen LogP contribution in [0.4, 0.5) is 0 Å².